The maximum absolute atomic E-state index is 12.8. The minimum atomic E-state index is -0.0341. The quantitative estimate of drug-likeness (QED) is 0.560. The van der Waals surface area contributed by atoms with E-state index in [2.05, 4.69) is 23.8 Å². The minimum Gasteiger partial charge on any atom is -0.497 e. The van der Waals surface area contributed by atoms with Crippen molar-refractivity contribution in [2.24, 2.45) is 0 Å². The second-order valence-corrected chi connectivity index (χ2v) is 5.72. The van der Waals surface area contributed by atoms with Crippen LogP contribution in [0.4, 0.5) is 0 Å². The number of benzene rings is 2. The number of hydrogen-bond donors (Lipinski definition) is 0. The molecule has 24 heavy (non-hydrogen) atoms. The number of fused-ring (bicyclic) bond motifs is 2. The Labute approximate surface area is 138 Å². The van der Waals surface area contributed by atoms with E-state index < -0.39 is 0 Å². The molecule has 0 atom stereocenters. The van der Waals surface area contributed by atoms with Gasteiger partial charge in [-0.05, 0) is 42.8 Å². The van der Waals surface area contributed by atoms with Gasteiger partial charge in [-0.3, -0.25) is 4.79 Å². The molecule has 4 heteroatoms. The van der Waals surface area contributed by atoms with Crippen LogP contribution in [0, 0.1) is 0 Å². The van der Waals surface area contributed by atoms with Crippen molar-refractivity contribution >= 4 is 21.9 Å². The minimum absolute atomic E-state index is 0.0341. The van der Waals surface area contributed by atoms with Crippen LogP contribution >= 0.6 is 0 Å². The number of rotatable bonds is 3. The van der Waals surface area contributed by atoms with Crippen LogP contribution in [0.25, 0.3) is 33.0 Å². The number of aryl methyl sites for hydroxylation is 1. The maximum atomic E-state index is 12.8. The van der Waals surface area contributed by atoms with E-state index in [1.54, 1.807) is 25.3 Å². The monoisotopic (exact) mass is 319 g/mol. The highest BCUT2D eigenvalue weighted by Crippen LogP contribution is 2.26. The summed E-state index contributed by atoms with van der Waals surface area (Å²) < 4.78 is 13.0. The highest BCUT2D eigenvalue weighted by Gasteiger charge is 2.11. The molecule has 0 aliphatic rings. The fourth-order valence-electron chi connectivity index (χ4n) is 3.08. The molecule has 0 fully saturated rings. The highest BCUT2D eigenvalue weighted by atomic mass is 16.5. The molecule has 120 valence electrons. The Hall–Kier alpha value is -3.01. The zero-order valence-electron chi connectivity index (χ0n) is 13.6. The smallest absolute Gasteiger partial charge is 0.200 e. The standard InChI is InChI=1S/C20H17NO3/c1-3-21-9-8-14-10-13(4-7-18(14)21)17-12-24-19-11-15(23-2)5-6-16(19)20(17)22/h4-12H,3H2,1-2H3. The first-order valence-corrected chi connectivity index (χ1v) is 7.90. The molecular weight excluding hydrogens is 302 g/mol. The van der Waals surface area contributed by atoms with Gasteiger partial charge in [0.25, 0.3) is 0 Å². The first kappa shape index (κ1) is 14.6. The van der Waals surface area contributed by atoms with Crippen molar-refractivity contribution < 1.29 is 9.15 Å². The van der Waals surface area contributed by atoms with Crippen LogP contribution < -0.4 is 10.2 Å². The molecule has 4 rings (SSSR count). The lowest BCUT2D eigenvalue weighted by Crippen LogP contribution is -2.04. The van der Waals surface area contributed by atoms with Crippen LogP contribution in [0.2, 0.25) is 0 Å². The molecule has 0 spiro atoms. The molecule has 2 aromatic carbocycles. The molecule has 0 N–H and O–H groups in total. The normalized spacial score (nSPS) is 11.2. The average molecular weight is 319 g/mol. The molecule has 0 saturated carbocycles. The van der Waals surface area contributed by atoms with Gasteiger partial charge in [-0.2, -0.15) is 0 Å². The number of hydrogen-bond acceptors (Lipinski definition) is 3. The summed E-state index contributed by atoms with van der Waals surface area (Å²) in [5.41, 5.74) is 3.09. The van der Waals surface area contributed by atoms with Crippen LogP contribution in [0.5, 0.6) is 5.75 Å². The van der Waals surface area contributed by atoms with Gasteiger partial charge in [-0.15, -0.1) is 0 Å². The molecule has 2 aromatic heterocycles. The van der Waals surface area contributed by atoms with Crippen molar-refractivity contribution in [2.75, 3.05) is 7.11 Å². The van der Waals surface area contributed by atoms with E-state index in [0.29, 0.717) is 22.3 Å². The fourth-order valence-corrected chi connectivity index (χ4v) is 3.08. The van der Waals surface area contributed by atoms with Gasteiger partial charge in [-0.25, -0.2) is 0 Å². The summed E-state index contributed by atoms with van der Waals surface area (Å²) in [6, 6.07) is 13.4. The number of ether oxygens (including phenoxy) is 1. The van der Waals surface area contributed by atoms with Gasteiger partial charge >= 0.3 is 0 Å². The summed E-state index contributed by atoms with van der Waals surface area (Å²) in [6.45, 7) is 3.03. The molecular formula is C20H17NO3. The van der Waals surface area contributed by atoms with E-state index in [0.717, 1.165) is 23.0 Å². The van der Waals surface area contributed by atoms with E-state index in [1.807, 2.05) is 18.2 Å². The third kappa shape index (κ3) is 2.19. The molecule has 2 heterocycles. The zero-order chi connectivity index (χ0) is 16.7. The maximum Gasteiger partial charge on any atom is 0.200 e. The summed E-state index contributed by atoms with van der Waals surface area (Å²) in [7, 11) is 1.59. The van der Waals surface area contributed by atoms with Gasteiger partial charge in [0, 0.05) is 29.7 Å². The van der Waals surface area contributed by atoms with Gasteiger partial charge in [0.1, 0.15) is 17.6 Å². The summed E-state index contributed by atoms with van der Waals surface area (Å²) in [6.07, 6.45) is 3.59. The highest BCUT2D eigenvalue weighted by molar-refractivity contribution is 5.88. The second-order valence-electron chi connectivity index (χ2n) is 5.72. The summed E-state index contributed by atoms with van der Waals surface area (Å²) in [4.78, 5) is 12.8. The molecule has 0 saturated heterocycles. The molecule has 0 unspecified atom stereocenters. The van der Waals surface area contributed by atoms with E-state index >= 15 is 0 Å². The Morgan fingerprint density at radius 1 is 1.12 bits per heavy atom. The van der Waals surface area contributed by atoms with Gasteiger partial charge in [0.15, 0.2) is 5.43 Å². The van der Waals surface area contributed by atoms with Gasteiger partial charge in [0.05, 0.1) is 18.1 Å². The molecule has 0 radical (unpaired) electrons. The third-order valence-electron chi connectivity index (χ3n) is 4.40. The van der Waals surface area contributed by atoms with Gasteiger partial charge in [0.2, 0.25) is 0 Å². The first-order valence-electron chi connectivity index (χ1n) is 7.90. The van der Waals surface area contributed by atoms with Gasteiger partial charge in [-0.1, -0.05) is 6.07 Å². The summed E-state index contributed by atoms with van der Waals surface area (Å²) in [5.74, 6) is 0.667. The van der Waals surface area contributed by atoms with Gasteiger partial charge < -0.3 is 13.7 Å². The predicted octanol–water partition coefficient (Wildman–Crippen LogP) is 4.44. The zero-order valence-corrected chi connectivity index (χ0v) is 13.6. The number of aromatic nitrogens is 1. The Morgan fingerprint density at radius 3 is 2.79 bits per heavy atom. The summed E-state index contributed by atoms with van der Waals surface area (Å²) >= 11 is 0. The van der Waals surface area contributed by atoms with Crippen LogP contribution in [-0.2, 0) is 6.54 Å². The van der Waals surface area contributed by atoms with Crippen LogP contribution in [0.15, 0.2) is 64.1 Å². The van der Waals surface area contributed by atoms with E-state index in [4.69, 9.17) is 9.15 Å². The second kappa shape index (κ2) is 5.57. The number of methoxy groups -OCH3 is 1. The third-order valence-corrected chi connectivity index (χ3v) is 4.40. The number of nitrogens with zero attached hydrogens (tertiary/aromatic N) is 1. The Balaban J connectivity index is 1.90. The molecule has 0 amide bonds. The van der Waals surface area contributed by atoms with Crippen molar-refractivity contribution in [3.63, 3.8) is 0 Å². The van der Waals surface area contributed by atoms with Crippen molar-refractivity contribution in [1.82, 2.24) is 4.57 Å². The average Bonchev–Trinajstić information content (AvgIpc) is 3.04. The summed E-state index contributed by atoms with van der Waals surface area (Å²) in [5, 5.41) is 1.67. The lowest BCUT2D eigenvalue weighted by atomic mass is 10.0. The topological polar surface area (TPSA) is 44.4 Å². The molecule has 4 nitrogen and oxygen atoms in total. The van der Waals surface area contributed by atoms with Crippen molar-refractivity contribution in [1.29, 1.82) is 0 Å². The first-order chi connectivity index (χ1) is 11.7. The lowest BCUT2D eigenvalue weighted by Gasteiger charge is -2.06. The fraction of sp³-hybridized carbons (Fsp3) is 0.150. The van der Waals surface area contributed by atoms with Crippen LogP contribution in [-0.4, -0.2) is 11.7 Å². The lowest BCUT2D eigenvalue weighted by molar-refractivity contribution is 0.414. The molecule has 0 bridgehead atoms. The Kier molecular flexibility index (Phi) is 3.38. The molecule has 4 aromatic rings. The largest absolute Gasteiger partial charge is 0.497 e. The molecule has 0 aliphatic heterocycles. The van der Waals surface area contributed by atoms with Crippen molar-refractivity contribution in [2.45, 2.75) is 13.5 Å². The molecule has 0 aliphatic carbocycles. The van der Waals surface area contributed by atoms with E-state index in [1.165, 1.54) is 6.26 Å². The van der Waals surface area contributed by atoms with Crippen LogP contribution in [0.1, 0.15) is 6.92 Å². The Bertz CT molecular complexity index is 1100. The van der Waals surface area contributed by atoms with Crippen LogP contribution in [0.3, 0.4) is 0 Å². The Morgan fingerprint density at radius 2 is 2.00 bits per heavy atom. The van der Waals surface area contributed by atoms with Crippen molar-refractivity contribution in [3.8, 4) is 16.9 Å². The predicted molar refractivity (Wildman–Crippen MR) is 95.6 cm³/mol. The SMILES string of the molecule is CCn1ccc2cc(-c3coc4cc(OC)ccc4c3=O)ccc21. The van der Waals surface area contributed by atoms with E-state index in [9.17, 15) is 4.79 Å². The van der Waals surface area contributed by atoms with Crippen molar-refractivity contribution in [3.05, 3.63) is 65.1 Å². The van der Waals surface area contributed by atoms with E-state index in [-0.39, 0.29) is 5.43 Å².